The Morgan fingerprint density at radius 2 is 2.19 bits per heavy atom. The zero-order chi connectivity index (χ0) is 18.4. The van der Waals surface area contributed by atoms with Crippen molar-refractivity contribution in [2.24, 2.45) is 10.9 Å². The number of rotatable bonds is 6. The van der Waals surface area contributed by atoms with E-state index >= 15 is 0 Å². The fourth-order valence-electron chi connectivity index (χ4n) is 3.14. The number of hydrogen-bond donors (Lipinski definition) is 1. The Labute approximate surface area is 160 Å². The third-order valence-corrected chi connectivity index (χ3v) is 5.58. The molecule has 1 unspecified atom stereocenters. The summed E-state index contributed by atoms with van der Waals surface area (Å²) in [6, 6.07) is 8.54. The maximum atomic E-state index is 5.46. The van der Waals surface area contributed by atoms with Crippen LogP contribution in [0.2, 0.25) is 0 Å². The summed E-state index contributed by atoms with van der Waals surface area (Å²) in [6.45, 7) is 5.66. The molecule has 0 aliphatic carbocycles. The Kier molecular flexibility index (Phi) is 6.63. The summed E-state index contributed by atoms with van der Waals surface area (Å²) in [5.41, 5.74) is 3.59. The molecule has 26 heavy (non-hydrogen) atoms. The standard InChI is InChI=1S/C20H28N4OS/c1-15-4-6-17(7-5-15)19-23-18(14-26-19)8-10-22-20(21-2)24(3)12-16-9-11-25-13-16/h4-7,14,16H,8-13H2,1-3H3,(H,21,22). The van der Waals surface area contributed by atoms with E-state index in [1.807, 2.05) is 7.05 Å². The third kappa shape index (κ3) is 5.05. The molecule has 5 nitrogen and oxygen atoms in total. The zero-order valence-electron chi connectivity index (χ0n) is 15.9. The maximum absolute atomic E-state index is 5.46. The van der Waals surface area contributed by atoms with Crippen LogP contribution in [0.5, 0.6) is 0 Å². The minimum absolute atomic E-state index is 0.606. The molecule has 1 aliphatic rings. The van der Waals surface area contributed by atoms with Gasteiger partial charge in [-0.15, -0.1) is 11.3 Å². The van der Waals surface area contributed by atoms with Crippen molar-refractivity contribution in [1.29, 1.82) is 0 Å². The van der Waals surface area contributed by atoms with Crippen molar-refractivity contribution in [3.63, 3.8) is 0 Å². The van der Waals surface area contributed by atoms with Gasteiger partial charge in [0.1, 0.15) is 5.01 Å². The Morgan fingerprint density at radius 1 is 1.38 bits per heavy atom. The summed E-state index contributed by atoms with van der Waals surface area (Å²) in [7, 11) is 3.92. The average Bonchev–Trinajstić information content (AvgIpc) is 3.31. The van der Waals surface area contributed by atoms with Crippen LogP contribution in [-0.4, -0.2) is 56.2 Å². The first-order valence-corrected chi connectivity index (χ1v) is 10.0. The first-order chi connectivity index (χ1) is 12.7. The summed E-state index contributed by atoms with van der Waals surface area (Å²) in [4.78, 5) is 11.4. The van der Waals surface area contributed by atoms with E-state index in [2.05, 4.69) is 58.8 Å². The van der Waals surface area contributed by atoms with Crippen LogP contribution in [0.3, 0.4) is 0 Å². The van der Waals surface area contributed by atoms with Crippen molar-refractivity contribution in [2.45, 2.75) is 19.8 Å². The molecule has 1 aliphatic heterocycles. The van der Waals surface area contributed by atoms with Crippen molar-refractivity contribution in [3.05, 3.63) is 40.9 Å². The van der Waals surface area contributed by atoms with Crippen LogP contribution >= 0.6 is 11.3 Å². The van der Waals surface area contributed by atoms with E-state index in [0.29, 0.717) is 5.92 Å². The molecule has 0 spiro atoms. The zero-order valence-corrected chi connectivity index (χ0v) is 16.7. The minimum atomic E-state index is 0.606. The van der Waals surface area contributed by atoms with Crippen LogP contribution in [0.4, 0.5) is 0 Å². The van der Waals surface area contributed by atoms with Crippen LogP contribution in [0.15, 0.2) is 34.6 Å². The summed E-state index contributed by atoms with van der Waals surface area (Å²) in [5.74, 6) is 1.54. The van der Waals surface area contributed by atoms with Crippen LogP contribution in [-0.2, 0) is 11.2 Å². The summed E-state index contributed by atoms with van der Waals surface area (Å²) >= 11 is 1.71. The quantitative estimate of drug-likeness (QED) is 0.625. The summed E-state index contributed by atoms with van der Waals surface area (Å²) in [5, 5.41) is 6.69. The number of guanidine groups is 1. The molecule has 3 rings (SSSR count). The van der Waals surface area contributed by atoms with Gasteiger partial charge in [-0.3, -0.25) is 4.99 Å². The molecular weight excluding hydrogens is 344 g/mol. The van der Waals surface area contributed by atoms with Gasteiger partial charge in [-0.05, 0) is 13.3 Å². The second kappa shape index (κ2) is 9.14. The average molecular weight is 373 g/mol. The smallest absolute Gasteiger partial charge is 0.193 e. The fraction of sp³-hybridized carbons (Fsp3) is 0.500. The van der Waals surface area contributed by atoms with Gasteiger partial charge in [-0.1, -0.05) is 29.8 Å². The SMILES string of the molecule is CN=C(NCCc1csc(-c2ccc(C)cc2)n1)N(C)CC1CCOC1. The van der Waals surface area contributed by atoms with Gasteiger partial charge in [0, 0.05) is 57.1 Å². The van der Waals surface area contributed by atoms with Gasteiger partial charge in [-0.2, -0.15) is 0 Å². The molecule has 1 aromatic heterocycles. The lowest BCUT2D eigenvalue weighted by atomic mass is 10.1. The molecule has 1 aromatic carbocycles. The van der Waals surface area contributed by atoms with E-state index in [9.17, 15) is 0 Å². The van der Waals surface area contributed by atoms with Gasteiger partial charge in [0.2, 0.25) is 0 Å². The number of nitrogens with zero attached hydrogens (tertiary/aromatic N) is 3. The van der Waals surface area contributed by atoms with E-state index in [-0.39, 0.29) is 0 Å². The Bertz CT molecular complexity index is 720. The van der Waals surface area contributed by atoms with Gasteiger partial charge in [-0.25, -0.2) is 4.98 Å². The highest BCUT2D eigenvalue weighted by molar-refractivity contribution is 7.13. The lowest BCUT2D eigenvalue weighted by Crippen LogP contribution is -2.42. The number of thiazole rings is 1. The molecule has 140 valence electrons. The number of benzene rings is 1. The van der Waals surface area contributed by atoms with Gasteiger partial charge < -0.3 is 15.0 Å². The number of ether oxygens (including phenoxy) is 1. The predicted octanol–water partition coefficient (Wildman–Crippen LogP) is 3.20. The van der Waals surface area contributed by atoms with Crippen molar-refractivity contribution in [1.82, 2.24) is 15.2 Å². The largest absolute Gasteiger partial charge is 0.381 e. The third-order valence-electron chi connectivity index (χ3n) is 4.64. The van der Waals surface area contributed by atoms with Crippen molar-refractivity contribution < 1.29 is 4.74 Å². The topological polar surface area (TPSA) is 49.8 Å². The Balaban J connectivity index is 1.48. The highest BCUT2D eigenvalue weighted by Crippen LogP contribution is 2.24. The fourth-order valence-corrected chi connectivity index (χ4v) is 4.00. The second-order valence-electron chi connectivity index (χ2n) is 6.84. The molecule has 1 saturated heterocycles. The highest BCUT2D eigenvalue weighted by Gasteiger charge is 2.19. The molecule has 2 aromatic rings. The number of aliphatic imine (C=N–C) groups is 1. The normalized spacial score (nSPS) is 17.5. The van der Waals surface area contributed by atoms with Crippen molar-refractivity contribution in [3.8, 4) is 10.6 Å². The van der Waals surface area contributed by atoms with Crippen molar-refractivity contribution >= 4 is 17.3 Å². The number of aryl methyl sites for hydroxylation is 1. The monoisotopic (exact) mass is 372 g/mol. The van der Waals surface area contributed by atoms with Crippen LogP contribution in [0.1, 0.15) is 17.7 Å². The minimum Gasteiger partial charge on any atom is -0.381 e. The lowest BCUT2D eigenvalue weighted by molar-refractivity contribution is 0.181. The van der Waals surface area contributed by atoms with E-state index in [0.717, 1.165) is 55.8 Å². The summed E-state index contributed by atoms with van der Waals surface area (Å²) in [6.07, 6.45) is 2.03. The molecular formula is C20H28N4OS. The molecule has 1 N–H and O–H groups in total. The molecule has 0 bridgehead atoms. The molecule has 0 saturated carbocycles. The van der Waals surface area contributed by atoms with Crippen molar-refractivity contribution in [2.75, 3.05) is 40.4 Å². The van der Waals surface area contributed by atoms with E-state index in [4.69, 9.17) is 9.72 Å². The Hall–Kier alpha value is -1.92. The van der Waals surface area contributed by atoms with Gasteiger partial charge in [0.15, 0.2) is 5.96 Å². The molecule has 2 heterocycles. The van der Waals surface area contributed by atoms with Gasteiger partial charge in [0.05, 0.1) is 12.3 Å². The van der Waals surface area contributed by atoms with Gasteiger partial charge in [0.25, 0.3) is 0 Å². The number of nitrogens with one attached hydrogen (secondary N) is 1. The summed E-state index contributed by atoms with van der Waals surface area (Å²) < 4.78 is 5.46. The first kappa shape index (κ1) is 18.9. The Morgan fingerprint density at radius 3 is 2.88 bits per heavy atom. The number of aromatic nitrogens is 1. The van der Waals surface area contributed by atoms with Gasteiger partial charge >= 0.3 is 0 Å². The predicted molar refractivity (Wildman–Crippen MR) is 109 cm³/mol. The molecule has 0 radical (unpaired) electrons. The highest BCUT2D eigenvalue weighted by atomic mass is 32.1. The molecule has 6 heteroatoms. The van der Waals surface area contributed by atoms with Crippen LogP contribution in [0, 0.1) is 12.8 Å². The van der Waals surface area contributed by atoms with Crippen LogP contribution in [0.25, 0.3) is 10.6 Å². The van der Waals surface area contributed by atoms with Crippen LogP contribution < -0.4 is 5.32 Å². The lowest BCUT2D eigenvalue weighted by Gasteiger charge is -2.24. The number of hydrogen-bond acceptors (Lipinski definition) is 4. The van der Waals surface area contributed by atoms with E-state index in [1.165, 1.54) is 11.1 Å². The van der Waals surface area contributed by atoms with E-state index < -0.39 is 0 Å². The molecule has 1 atom stereocenters. The molecule has 0 amide bonds. The molecule has 1 fully saturated rings. The first-order valence-electron chi connectivity index (χ1n) is 9.16. The van der Waals surface area contributed by atoms with E-state index in [1.54, 1.807) is 11.3 Å². The maximum Gasteiger partial charge on any atom is 0.193 e. The second-order valence-corrected chi connectivity index (χ2v) is 7.70.